The second-order valence-corrected chi connectivity index (χ2v) is 11.7. The minimum Gasteiger partial charge on any atom is -0.350 e. The standard InChI is InChI=1S/C32H31ClFN7O2/c1-6-25(42)39-11-12-40(19(5)16-39)30-21-13-23(33)28(26-22-15-35-14-20(22)7-8-24(26)34)37-31(21)41(32(43)38-30)29-18(4)9-10-36-27(29)17(2)3/h6-10,13,15,17,19H,1,11-12,14,16H2,2-5H3/t19-/m0/s1. The Bertz CT molecular complexity index is 1900. The highest BCUT2D eigenvalue weighted by atomic mass is 35.5. The number of aryl methyl sites for hydroxylation is 1. The third-order valence-electron chi connectivity index (χ3n) is 8.12. The molecule has 1 amide bonds. The predicted octanol–water partition coefficient (Wildman–Crippen LogP) is 5.22. The number of nitrogens with zero attached hydrogens (tertiary/aromatic N) is 7. The Hall–Kier alpha value is -4.44. The monoisotopic (exact) mass is 599 g/mol. The SMILES string of the molecule is C=CC(=O)N1CCN(c2nc(=O)n(-c3c(C)ccnc3C(C)C)c3nc(-c4c(F)ccc5c4C=NC5)c(Cl)cc23)[C@@H](C)C1. The van der Waals surface area contributed by atoms with Crippen LogP contribution in [0, 0.1) is 12.7 Å². The molecule has 4 aromatic rings. The summed E-state index contributed by atoms with van der Waals surface area (Å²) in [6, 6.07) is 6.48. The summed E-state index contributed by atoms with van der Waals surface area (Å²) in [6.45, 7) is 13.2. The quantitative estimate of drug-likeness (QED) is 0.292. The Morgan fingerprint density at radius 1 is 1.21 bits per heavy atom. The van der Waals surface area contributed by atoms with E-state index < -0.39 is 11.5 Å². The first-order valence-electron chi connectivity index (χ1n) is 14.2. The number of aliphatic imine (C=N–C) groups is 1. The fourth-order valence-electron chi connectivity index (χ4n) is 5.99. The first kappa shape index (κ1) is 28.7. The summed E-state index contributed by atoms with van der Waals surface area (Å²) in [6.07, 6.45) is 4.65. The summed E-state index contributed by atoms with van der Waals surface area (Å²) in [7, 11) is 0. The Kier molecular flexibility index (Phi) is 7.33. The third kappa shape index (κ3) is 4.79. The van der Waals surface area contributed by atoms with Gasteiger partial charge in [0, 0.05) is 49.2 Å². The van der Waals surface area contributed by atoms with E-state index in [9.17, 15) is 9.59 Å². The van der Waals surface area contributed by atoms with E-state index in [0.717, 1.165) is 11.1 Å². The Labute approximate surface area is 253 Å². The first-order valence-corrected chi connectivity index (χ1v) is 14.6. The van der Waals surface area contributed by atoms with Crippen LogP contribution < -0.4 is 10.6 Å². The highest BCUT2D eigenvalue weighted by Crippen LogP contribution is 2.38. The van der Waals surface area contributed by atoms with Gasteiger partial charge in [-0.05, 0) is 55.2 Å². The second-order valence-electron chi connectivity index (χ2n) is 11.3. The van der Waals surface area contributed by atoms with Gasteiger partial charge in [0.2, 0.25) is 5.91 Å². The van der Waals surface area contributed by atoms with E-state index in [0.29, 0.717) is 54.3 Å². The molecule has 11 heteroatoms. The average molecular weight is 600 g/mol. The van der Waals surface area contributed by atoms with Gasteiger partial charge in [0.15, 0.2) is 5.65 Å². The highest BCUT2D eigenvalue weighted by molar-refractivity contribution is 6.34. The molecule has 2 aliphatic heterocycles. The van der Waals surface area contributed by atoms with Crippen molar-refractivity contribution < 1.29 is 9.18 Å². The van der Waals surface area contributed by atoms with Gasteiger partial charge >= 0.3 is 5.69 Å². The molecule has 220 valence electrons. The smallest absolute Gasteiger partial charge is 0.350 e. The van der Waals surface area contributed by atoms with Gasteiger partial charge in [-0.2, -0.15) is 4.98 Å². The summed E-state index contributed by atoms with van der Waals surface area (Å²) >= 11 is 6.91. The topological polar surface area (TPSA) is 96.6 Å². The van der Waals surface area contributed by atoms with Crippen LogP contribution in [0.1, 0.15) is 49.1 Å². The molecule has 1 saturated heterocycles. The van der Waals surface area contributed by atoms with Crippen LogP contribution in [-0.2, 0) is 11.3 Å². The van der Waals surface area contributed by atoms with Crippen molar-refractivity contribution in [3.05, 3.63) is 86.8 Å². The van der Waals surface area contributed by atoms with Gasteiger partial charge in [-0.3, -0.25) is 14.8 Å². The largest absolute Gasteiger partial charge is 0.355 e. The van der Waals surface area contributed by atoms with Crippen molar-refractivity contribution in [1.82, 2.24) is 24.4 Å². The van der Waals surface area contributed by atoms with E-state index in [1.54, 1.807) is 29.4 Å². The minimum absolute atomic E-state index is 0.00941. The van der Waals surface area contributed by atoms with E-state index in [1.165, 1.54) is 16.7 Å². The van der Waals surface area contributed by atoms with Crippen molar-refractivity contribution >= 4 is 40.6 Å². The van der Waals surface area contributed by atoms with Crippen molar-refractivity contribution in [1.29, 1.82) is 0 Å². The summed E-state index contributed by atoms with van der Waals surface area (Å²) in [5, 5.41) is 0.747. The summed E-state index contributed by atoms with van der Waals surface area (Å²) < 4.78 is 17.0. The van der Waals surface area contributed by atoms with E-state index >= 15 is 4.39 Å². The lowest BCUT2D eigenvalue weighted by atomic mass is 9.99. The molecule has 43 heavy (non-hydrogen) atoms. The molecular formula is C32H31ClFN7O2. The highest BCUT2D eigenvalue weighted by Gasteiger charge is 2.31. The maximum absolute atomic E-state index is 15.5. The number of halogens is 2. The fourth-order valence-corrected chi connectivity index (χ4v) is 6.23. The third-order valence-corrected chi connectivity index (χ3v) is 8.40. The van der Waals surface area contributed by atoms with Gasteiger partial charge in [0.1, 0.15) is 11.6 Å². The van der Waals surface area contributed by atoms with Gasteiger partial charge < -0.3 is 9.80 Å². The van der Waals surface area contributed by atoms with Crippen LogP contribution >= 0.6 is 11.6 Å². The van der Waals surface area contributed by atoms with Gasteiger partial charge in [-0.25, -0.2) is 18.7 Å². The van der Waals surface area contributed by atoms with Gasteiger partial charge in [-0.15, -0.1) is 0 Å². The van der Waals surface area contributed by atoms with Crippen molar-refractivity contribution in [3.63, 3.8) is 0 Å². The van der Waals surface area contributed by atoms with Crippen LogP contribution in [0.3, 0.4) is 0 Å². The molecule has 0 spiro atoms. The lowest BCUT2D eigenvalue weighted by Crippen LogP contribution is -2.54. The van der Waals surface area contributed by atoms with E-state index in [2.05, 4.69) is 21.5 Å². The van der Waals surface area contributed by atoms with Gasteiger partial charge in [0.25, 0.3) is 0 Å². The lowest BCUT2D eigenvalue weighted by molar-refractivity contribution is -0.126. The van der Waals surface area contributed by atoms with Crippen LogP contribution in [0.25, 0.3) is 28.0 Å². The van der Waals surface area contributed by atoms with Crippen molar-refractivity contribution in [2.75, 3.05) is 24.5 Å². The average Bonchev–Trinajstić information content (AvgIpc) is 3.46. The molecule has 0 saturated carbocycles. The van der Waals surface area contributed by atoms with Gasteiger partial charge in [-0.1, -0.05) is 38.1 Å². The number of pyridine rings is 2. The summed E-state index contributed by atoms with van der Waals surface area (Å²) in [5.41, 5.74) is 3.79. The number of anilines is 1. The normalized spacial score (nSPS) is 16.3. The molecule has 0 radical (unpaired) electrons. The Balaban J connectivity index is 1.66. The Morgan fingerprint density at radius 3 is 2.72 bits per heavy atom. The van der Waals surface area contributed by atoms with Crippen LogP contribution in [-0.4, -0.2) is 62.2 Å². The number of aromatic nitrogens is 4. The zero-order valence-corrected chi connectivity index (χ0v) is 25.2. The number of piperazine rings is 1. The van der Waals surface area contributed by atoms with Gasteiger partial charge in [0.05, 0.1) is 34.0 Å². The molecule has 0 aliphatic carbocycles. The first-order chi connectivity index (χ1) is 20.6. The van der Waals surface area contributed by atoms with Crippen molar-refractivity contribution in [2.24, 2.45) is 4.99 Å². The molecule has 2 aliphatic rings. The number of carbonyl (C=O) groups is 1. The molecule has 1 atom stereocenters. The number of hydrogen-bond acceptors (Lipinski definition) is 7. The molecule has 5 heterocycles. The van der Waals surface area contributed by atoms with E-state index in [1.807, 2.05) is 38.7 Å². The fraction of sp³-hybridized carbons (Fsp3) is 0.312. The van der Waals surface area contributed by atoms with E-state index in [4.69, 9.17) is 16.6 Å². The number of hydrogen-bond donors (Lipinski definition) is 0. The van der Waals surface area contributed by atoms with Crippen LogP contribution in [0.2, 0.25) is 5.02 Å². The number of amides is 1. The summed E-state index contributed by atoms with van der Waals surface area (Å²) in [5.74, 6) is -0.238. The van der Waals surface area contributed by atoms with E-state index in [-0.39, 0.29) is 39.8 Å². The molecule has 3 aromatic heterocycles. The number of fused-ring (bicyclic) bond motifs is 2. The van der Waals surface area contributed by atoms with Crippen LogP contribution in [0.5, 0.6) is 0 Å². The molecule has 9 nitrogen and oxygen atoms in total. The molecular weight excluding hydrogens is 569 g/mol. The molecule has 1 aromatic carbocycles. The Morgan fingerprint density at radius 2 is 2.00 bits per heavy atom. The zero-order valence-electron chi connectivity index (χ0n) is 24.4. The van der Waals surface area contributed by atoms with Crippen molar-refractivity contribution in [3.8, 4) is 16.9 Å². The molecule has 0 bridgehead atoms. The number of carbonyl (C=O) groups excluding carboxylic acids is 1. The van der Waals surface area contributed by atoms with Crippen LogP contribution in [0.15, 0.2) is 52.9 Å². The maximum Gasteiger partial charge on any atom is 0.355 e. The molecule has 1 fully saturated rings. The molecule has 0 N–H and O–H groups in total. The number of rotatable bonds is 5. The number of benzene rings is 1. The minimum atomic E-state index is -0.543. The summed E-state index contributed by atoms with van der Waals surface area (Å²) in [4.78, 5) is 48.6. The van der Waals surface area contributed by atoms with Crippen molar-refractivity contribution in [2.45, 2.75) is 46.2 Å². The maximum atomic E-state index is 15.5. The predicted molar refractivity (Wildman–Crippen MR) is 167 cm³/mol. The van der Waals surface area contributed by atoms with Crippen LogP contribution in [0.4, 0.5) is 10.2 Å². The molecule has 6 rings (SSSR count). The second kappa shape index (κ2) is 11.0. The molecule has 0 unspecified atom stereocenters. The zero-order chi connectivity index (χ0) is 30.6. The lowest BCUT2D eigenvalue weighted by Gasteiger charge is -2.40.